The number of hydrogen-bond donors (Lipinski definition) is 0. The fraction of sp³-hybridized carbons (Fsp3) is 0.273. The van der Waals surface area contributed by atoms with Gasteiger partial charge in [0.1, 0.15) is 0 Å². The van der Waals surface area contributed by atoms with E-state index in [0.29, 0.717) is 12.0 Å². The molecule has 0 aliphatic heterocycles. The highest BCUT2D eigenvalue weighted by molar-refractivity contribution is 6.27. The van der Waals surface area contributed by atoms with Crippen LogP contribution < -0.4 is 0 Å². The van der Waals surface area contributed by atoms with E-state index in [0.717, 1.165) is 5.56 Å². The maximum Gasteiger partial charge on any atom is 0.337 e. The number of hydrogen-bond acceptors (Lipinski definition) is 3. The first kappa shape index (κ1) is 11.7. The smallest absolute Gasteiger partial charge is 0.337 e. The Hall–Kier alpha value is -1.35. The molecule has 3 nitrogen and oxygen atoms in total. The topological polar surface area (TPSA) is 43.4 Å². The Morgan fingerprint density at radius 2 is 1.87 bits per heavy atom. The predicted molar refractivity (Wildman–Crippen MR) is 57.2 cm³/mol. The fourth-order valence-corrected chi connectivity index (χ4v) is 1.25. The van der Waals surface area contributed by atoms with Crippen LogP contribution in [0.15, 0.2) is 24.3 Å². The molecule has 0 N–H and O–H groups in total. The van der Waals surface area contributed by atoms with Gasteiger partial charge in [-0.2, -0.15) is 0 Å². The molecule has 1 aromatic rings. The number of alkyl halides is 1. The predicted octanol–water partition coefficient (Wildman–Crippen LogP) is 1.82. The van der Waals surface area contributed by atoms with Gasteiger partial charge in [0.2, 0.25) is 0 Å². The number of benzene rings is 1. The molecule has 15 heavy (non-hydrogen) atoms. The molecular weight excluding hydrogens is 216 g/mol. The molecule has 0 saturated carbocycles. The monoisotopic (exact) mass is 226 g/mol. The Labute approximate surface area is 93.0 Å². The maximum absolute atomic E-state index is 11.1. The Morgan fingerprint density at radius 3 is 2.33 bits per heavy atom. The Bertz CT molecular complexity index is 357. The lowest BCUT2D eigenvalue weighted by Gasteiger charge is -2.01. The fourth-order valence-electron chi connectivity index (χ4n) is 1.15. The van der Waals surface area contributed by atoms with Gasteiger partial charge in [0.15, 0.2) is 5.78 Å². The molecule has 1 aromatic carbocycles. The van der Waals surface area contributed by atoms with Gasteiger partial charge in [-0.05, 0) is 17.7 Å². The van der Waals surface area contributed by atoms with Crippen LogP contribution in [0.2, 0.25) is 0 Å². The summed E-state index contributed by atoms with van der Waals surface area (Å²) in [4.78, 5) is 22.1. The van der Waals surface area contributed by atoms with Crippen molar-refractivity contribution in [2.45, 2.75) is 6.42 Å². The van der Waals surface area contributed by atoms with Crippen molar-refractivity contribution in [3.8, 4) is 0 Å². The summed E-state index contributed by atoms with van der Waals surface area (Å²) in [5.41, 5.74) is 1.31. The van der Waals surface area contributed by atoms with E-state index in [2.05, 4.69) is 4.74 Å². The Balaban J connectivity index is 2.72. The molecule has 0 atom stereocenters. The van der Waals surface area contributed by atoms with Gasteiger partial charge >= 0.3 is 5.97 Å². The quantitative estimate of drug-likeness (QED) is 0.581. The first-order chi connectivity index (χ1) is 7.17. The number of carbonyl (C=O) groups excluding carboxylic acids is 2. The molecule has 0 saturated heterocycles. The highest BCUT2D eigenvalue weighted by Crippen LogP contribution is 2.07. The lowest BCUT2D eigenvalue weighted by Crippen LogP contribution is -2.05. The molecule has 0 spiro atoms. The number of Topliss-reactive ketones (excluding diaryl/α,β-unsaturated/α-hetero) is 1. The van der Waals surface area contributed by atoms with Crippen molar-refractivity contribution in [2.24, 2.45) is 0 Å². The minimum Gasteiger partial charge on any atom is -0.465 e. The summed E-state index contributed by atoms with van der Waals surface area (Å²) < 4.78 is 4.55. The maximum atomic E-state index is 11.1. The first-order valence-corrected chi connectivity index (χ1v) is 4.95. The van der Waals surface area contributed by atoms with E-state index < -0.39 is 0 Å². The van der Waals surface area contributed by atoms with Crippen molar-refractivity contribution in [3.05, 3.63) is 35.4 Å². The van der Waals surface area contributed by atoms with Crippen LogP contribution in [0.25, 0.3) is 0 Å². The third-order valence-electron chi connectivity index (χ3n) is 1.93. The largest absolute Gasteiger partial charge is 0.465 e. The molecular formula is C11H11ClO3. The molecule has 0 bridgehead atoms. The number of halogens is 1. The van der Waals surface area contributed by atoms with Gasteiger partial charge in [0, 0.05) is 6.42 Å². The van der Waals surface area contributed by atoms with Crippen LogP contribution in [0, 0.1) is 0 Å². The van der Waals surface area contributed by atoms with Crippen LogP contribution in [0.1, 0.15) is 15.9 Å². The standard InChI is InChI=1S/C11H11ClO3/c1-15-11(14)9-4-2-8(3-5-9)6-10(13)7-12/h2-5H,6-7H2,1H3. The van der Waals surface area contributed by atoms with Gasteiger partial charge in [0.25, 0.3) is 0 Å². The van der Waals surface area contributed by atoms with Gasteiger partial charge < -0.3 is 4.74 Å². The number of rotatable bonds is 4. The highest BCUT2D eigenvalue weighted by atomic mass is 35.5. The molecule has 80 valence electrons. The first-order valence-electron chi connectivity index (χ1n) is 4.42. The number of esters is 1. The molecule has 0 unspecified atom stereocenters. The van der Waals surface area contributed by atoms with Crippen LogP contribution >= 0.6 is 11.6 Å². The second-order valence-electron chi connectivity index (χ2n) is 3.04. The molecule has 1 rings (SSSR count). The Kier molecular flexibility index (Phi) is 4.31. The highest BCUT2D eigenvalue weighted by Gasteiger charge is 2.06. The van der Waals surface area contributed by atoms with E-state index in [1.54, 1.807) is 24.3 Å². The van der Waals surface area contributed by atoms with Gasteiger partial charge in [-0.25, -0.2) is 4.79 Å². The molecule has 4 heteroatoms. The van der Waals surface area contributed by atoms with Crippen LogP contribution in [0.5, 0.6) is 0 Å². The third-order valence-corrected chi connectivity index (χ3v) is 2.22. The zero-order chi connectivity index (χ0) is 11.3. The average molecular weight is 227 g/mol. The normalized spacial score (nSPS) is 9.73. The molecule has 0 aliphatic rings. The van der Waals surface area contributed by atoms with E-state index >= 15 is 0 Å². The average Bonchev–Trinajstić information content (AvgIpc) is 2.29. The van der Waals surface area contributed by atoms with Gasteiger partial charge in [0.05, 0.1) is 18.6 Å². The van der Waals surface area contributed by atoms with Gasteiger partial charge in [-0.1, -0.05) is 12.1 Å². The van der Waals surface area contributed by atoms with E-state index in [4.69, 9.17) is 11.6 Å². The van der Waals surface area contributed by atoms with E-state index in [1.165, 1.54) is 7.11 Å². The Morgan fingerprint density at radius 1 is 1.27 bits per heavy atom. The molecule has 0 aliphatic carbocycles. The van der Waals surface area contributed by atoms with Crippen molar-refractivity contribution in [2.75, 3.05) is 13.0 Å². The molecule has 0 radical (unpaired) electrons. The third kappa shape index (κ3) is 3.36. The lowest BCUT2D eigenvalue weighted by molar-refractivity contribution is -0.116. The minimum absolute atomic E-state index is 0.0127. The van der Waals surface area contributed by atoms with E-state index in [1.807, 2.05) is 0 Å². The summed E-state index contributed by atoms with van der Waals surface area (Å²) >= 11 is 5.38. The molecule has 0 fully saturated rings. The van der Waals surface area contributed by atoms with Crippen LogP contribution in [-0.4, -0.2) is 24.7 Å². The molecule has 0 aromatic heterocycles. The second-order valence-corrected chi connectivity index (χ2v) is 3.30. The van der Waals surface area contributed by atoms with Crippen molar-refractivity contribution >= 4 is 23.4 Å². The summed E-state index contributed by atoms with van der Waals surface area (Å²) in [5, 5.41) is 0. The molecule has 0 amide bonds. The summed E-state index contributed by atoms with van der Waals surface area (Å²) in [6.45, 7) is 0. The zero-order valence-electron chi connectivity index (χ0n) is 8.33. The lowest BCUT2D eigenvalue weighted by atomic mass is 10.1. The van der Waals surface area contributed by atoms with Gasteiger partial charge in [-0.15, -0.1) is 11.6 Å². The molecule has 0 heterocycles. The minimum atomic E-state index is -0.384. The number of ketones is 1. The summed E-state index contributed by atoms with van der Waals surface area (Å²) in [6, 6.07) is 6.69. The van der Waals surface area contributed by atoms with Crippen molar-refractivity contribution in [3.63, 3.8) is 0 Å². The number of carbonyl (C=O) groups is 2. The second kappa shape index (κ2) is 5.51. The summed E-state index contributed by atoms with van der Waals surface area (Å²) in [7, 11) is 1.33. The van der Waals surface area contributed by atoms with E-state index in [-0.39, 0.29) is 17.6 Å². The summed E-state index contributed by atoms with van der Waals surface area (Å²) in [5.74, 6) is -0.411. The SMILES string of the molecule is COC(=O)c1ccc(CC(=O)CCl)cc1. The number of ether oxygens (including phenoxy) is 1. The van der Waals surface area contributed by atoms with E-state index in [9.17, 15) is 9.59 Å². The summed E-state index contributed by atoms with van der Waals surface area (Å²) in [6.07, 6.45) is 0.297. The van der Waals surface area contributed by atoms with Crippen LogP contribution in [0.4, 0.5) is 0 Å². The zero-order valence-corrected chi connectivity index (χ0v) is 9.08. The van der Waals surface area contributed by atoms with Crippen LogP contribution in [-0.2, 0) is 16.0 Å². The van der Waals surface area contributed by atoms with Crippen molar-refractivity contribution < 1.29 is 14.3 Å². The van der Waals surface area contributed by atoms with Gasteiger partial charge in [-0.3, -0.25) is 4.79 Å². The number of methoxy groups -OCH3 is 1. The van der Waals surface area contributed by atoms with Crippen molar-refractivity contribution in [1.29, 1.82) is 0 Å². The van der Waals surface area contributed by atoms with Crippen molar-refractivity contribution in [1.82, 2.24) is 0 Å². The van der Waals surface area contributed by atoms with Crippen LogP contribution in [0.3, 0.4) is 0 Å².